The molecule has 0 radical (unpaired) electrons. The van der Waals surface area contributed by atoms with Gasteiger partial charge in [0.15, 0.2) is 0 Å². The van der Waals surface area contributed by atoms with Gasteiger partial charge in [0.05, 0.1) is 4.92 Å². The van der Waals surface area contributed by atoms with Gasteiger partial charge in [0, 0.05) is 30.1 Å². The Labute approximate surface area is 116 Å². The molecule has 19 heavy (non-hydrogen) atoms. The van der Waals surface area contributed by atoms with Crippen LogP contribution in [0.5, 0.6) is 0 Å². The van der Waals surface area contributed by atoms with Gasteiger partial charge in [-0.05, 0) is 44.3 Å². The van der Waals surface area contributed by atoms with Crippen LogP contribution in [0.4, 0.5) is 5.00 Å². The van der Waals surface area contributed by atoms with E-state index in [-0.39, 0.29) is 9.92 Å². The number of piperidine rings is 1. The van der Waals surface area contributed by atoms with Crippen LogP contribution in [0.15, 0.2) is 11.4 Å². The Morgan fingerprint density at radius 3 is 2.68 bits per heavy atom. The van der Waals surface area contributed by atoms with Gasteiger partial charge in [0.1, 0.15) is 0 Å². The Bertz CT molecular complexity index is 450. The minimum absolute atomic E-state index is 0.236. The summed E-state index contributed by atoms with van der Waals surface area (Å²) in [5, 5.41) is 16.3. The first-order valence-corrected chi connectivity index (χ1v) is 7.79. The maximum absolute atomic E-state index is 10.6. The zero-order valence-electron chi connectivity index (χ0n) is 10.9. The van der Waals surface area contributed by atoms with Gasteiger partial charge in [0.2, 0.25) is 0 Å². The molecule has 3 rings (SSSR count). The zero-order chi connectivity index (χ0) is 13.2. The highest BCUT2D eigenvalue weighted by Gasteiger charge is 2.31. The monoisotopic (exact) mass is 281 g/mol. The molecule has 1 aliphatic heterocycles. The molecule has 0 bridgehead atoms. The fourth-order valence-electron chi connectivity index (χ4n) is 2.72. The first-order chi connectivity index (χ1) is 9.22. The molecule has 1 saturated carbocycles. The van der Waals surface area contributed by atoms with Crippen LogP contribution < -0.4 is 5.32 Å². The molecule has 1 N–H and O–H groups in total. The molecule has 2 aliphatic rings. The SMILES string of the molecule is O=[N+]([O-])c1cc(CNC2CCN(C3CC3)CC2)cs1. The lowest BCUT2D eigenvalue weighted by Crippen LogP contribution is -2.43. The van der Waals surface area contributed by atoms with Crippen LogP contribution >= 0.6 is 11.3 Å². The quantitative estimate of drug-likeness (QED) is 0.665. The number of hydrogen-bond acceptors (Lipinski definition) is 5. The average molecular weight is 281 g/mol. The van der Waals surface area contributed by atoms with Crippen molar-refractivity contribution in [1.82, 2.24) is 10.2 Å². The topological polar surface area (TPSA) is 58.4 Å². The number of thiophene rings is 1. The van der Waals surface area contributed by atoms with Crippen molar-refractivity contribution in [3.8, 4) is 0 Å². The Hall–Kier alpha value is -0.980. The normalized spacial score (nSPS) is 21.7. The predicted molar refractivity (Wildman–Crippen MR) is 75.4 cm³/mol. The van der Waals surface area contributed by atoms with E-state index < -0.39 is 0 Å². The van der Waals surface area contributed by atoms with Gasteiger partial charge in [-0.3, -0.25) is 10.1 Å². The van der Waals surface area contributed by atoms with E-state index >= 15 is 0 Å². The van der Waals surface area contributed by atoms with E-state index in [0.29, 0.717) is 6.04 Å². The summed E-state index contributed by atoms with van der Waals surface area (Å²) in [6.07, 6.45) is 5.17. The number of likely N-dealkylation sites (tertiary alicyclic amines) is 1. The van der Waals surface area contributed by atoms with Crippen LogP contribution in [0.2, 0.25) is 0 Å². The lowest BCUT2D eigenvalue weighted by atomic mass is 10.0. The molecule has 0 spiro atoms. The highest BCUT2D eigenvalue weighted by molar-refractivity contribution is 7.13. The summed E-state index contributed by atoms with van der Waals surface area (Å²) < 4.78 is 0. The van der Waals surface area contributed by atoms with E-state index in [4.69, 9.17) is 0 Å². The van der Waals surface area contributed by atoms with E-state index in [1.807, 2.05) is 5.38 Å². The van der Waals surface area contributed by atoms with Crippen LogP contribution in [0.1, 0.15) is 31.2 Å². The van der Waals surface area contributed by atoms with E-state index in [0.717, 1.165) is 18.2 Å². The van der Waals surface area contributed by atoms with Crippen molar-refractivity contribution >= 4 is 16.3 Å². The third-order valence-electron chi connectivity index (χ3n) is 4.01. The lowest BCUT2D eigenvalue weighted by molar-refractivity contribution is -0.380. The molecule has 5 nitrogen and oxygen atoms in total. The Balaban J connectivity index is 1.43. The van der Waals surface area contributed by atoms with Gasteiger partial charge in [-0.25, -0.2) is 0 Å². The second kappa shape index (κ2) is 5.56. The van der Waals surface area contributed by atoms with Crippen molar-refractivity contribution in [2.75, 3.05) is 13.1 Å². The van der Waals surface area contributed by atoms with Crippen molar-refractivity contribution in [2.24, 2.45) is 0 Å². The molecule has 0 amide bonds. The van der Waals surface area contributed by atoms with Crippen molar-refractivity contribution in [3.63, 3.8) is 0 Å². The maximum atomic E-state index is 10.6. The van der Waals surface area contributed by atoms with Crippen LogP contribution in [0.25, 0.3) is 0 Å². The summed E-state index contributed by atoms with van der Waals surface area (Å²) in [7, 11) is 0. The molecule has 0 atom stereocenters. The van der Waals surface area contributed by atoms with Crippen LogP contribution in [0, 0.1) is 10.1 Å². The number of nitrogens with zero attached hydrogens (tertiary/aromatic N) is 2. The molecule has 0 aromatic carbocycles. The molecular weight excluding hydrogens is 262 g/mol. The number of hydrogen-bond donors (Lipinski definition) is 1. The maximum Gasteiger partial charge on any atom is 0.324 e. The molecule has 2 fully saturated rings. The van der Waals surface area contributed by atoms with Gasteiger partial charge in [0.25, 0.3) is 0 Å². The Morgan fingerprint density at radius 2 is 2.11 bits per heavy atom. The van der Waals surface area contributed by atoms with Crippen LogP contribution in [-0.4, -0.2) is 35.0 Å². The molecule has 1 aromatic rings. The second-order valence-electron chi connectivity index (χ2n) is 5.47. The van der Waals surface area contributed by atoms with Crippen LogP contribution in [0.3, 0.4) is 0 Å². The van der Waals surface area contributed by atoms with E-state index in [9.17, 15) is 10.1 Å². The van der Waals surface area contributed by atoms with Crippen LogP contribution in [-0.2, 0) is 6.54 Å². The summed E-state index contributed by atoms with van der Waals surface area (Å²) in [5.74, 6) is 0. The molecule has 1 aromatic heterocycles. The summed E-state index contributed by atoms with van der Waals surface area (Å²) in [6, 6.07) is 3.12. The first-order valence-electron chi connectivity index (χ1n) is 6.91. The number of nitro groups is 1. The van der Waals surface area contributed by atoms with E-state index in [1.165, 1.54) is 50.1 Å². The third kappa shape index (κ3) is 3.32. The van der Waals surface area contributed by atoms with Gasteiger partial charge in [-0.15, -0.1) is 0 Å². The summed E-state index contributed by atoms with van der Waals surface area (Å²) in [4.78, 5) is 12.9. The summed E-state index contributed by atoms with van der Waals surface area (Å²) in [5.41, 5.74) is 1.03. The van der Waals surface area contributed by atoms with Crippen molar-refractivity contribution in [1.29, 1.82) is 0 Å². The fraction of sp³-hybridized carbons (Fsp3) is 0.692. The number of nitrogens with one attached hydrogen (secondary N) is 1. The lowest BCUT2D eigenvalue weighted by Gasteiger charge is -2.32. The first kappa shape index (κ1) is 13.0. The fourth-order valence-corrected chi connectivity index (χ4v) is 3.45. The molecular formula is C13H19N3O2S. The molecule has 1 aliphatic carbocycles. The summed E-state index contributed by atoms with van der Waals surface area (Å²) >= 11 is 1.21. The van der Waals surface area contributed by atoms with E-state index in [1.54, 1.807) is 6.07 Å². The van der Waals surface area contributed by atoms with Gasteiger partial charge < -0.3 is 10.2 Å². The molecule has 2 heterocycles. The second-order valence-corrected chi connectivity index (χ2v) is 6.36. The smallest absolute Gasteiger partial charge is 0.310 e. The molecule has 1 saturated heterocycles. The molecule has 104 valence electrons. The van der Waals surface area contributed by atoms with Gasteiger partial charge >= 0.3 is 5.00 Å². The van der Waals surface area contributed by atoms with Gasteiger partial charge in [-0.2, -0.15) is 0 Å². The minimum atomic E-state index is -0.317. The Morgan fingerprint density at radius 1 is 1.37 bits per heavy atom. The van der Waals surface area contributed by atoms with E-state index in [2.05, 4.69) is 10.2 Å². The highest BCUT2D eigenvalue weighted by Crippen LogP contribution is 2.29. The number of rotatable bonds is 5. The largest absolute Gasteiger partial charge is 0.324 e. The summed E-state index contributed by atoms with van der Waals surface area (Å²) in [6.45, 7) is 3.15. The standard InChI is InChI=1S/C13H19N3O2S/c17-16(18)13-7-10(9-19-13)8-14-11-3-5-15(6-4-11)12-1-2-12/h7,9,11-12,14H,1-6,8H2. The average Bonchev–Trinajstić information content (AvgIpc) is 3.15. The molecule has 0 unspecified atom stereocenters. The highest BCUT2D eigenvalue weighted by atomic mass is 32.1. The molecule has 6 heteroatoms. The minimum Gasteiger partial charge on any atom is -0.310 e. The van der Waals surface area contributed by atoms with Crippen molar-refractivity contribution in [3.05, 3.63) is 27.1 Å². The Kier molecular flexibility index (Phi) is 3.81. The third-order valence-corrected chi connectivity index (χ3v) is 4.94. The van der Waals surface area contributed by atoms with Crippen molar-refractivity contribution < 1.29 is 4.92 Å². The van der Waals surface area contributed by atoms with Crippen molar-refractivity contribution in [2.45, 2.75) is 44.3 Å². The zero-order valence-corrected chi connectivity index (χ0v) is 11.7. The predicted octanol–water partition coefficient (Wildman–Crippen LogP) is 2.37. The van der Waals surface area contributed by atoms with Gasteiger partial charge in [-0.1, -0.05) is 11.3 Å².